The van der Waals surface area contributed by atoms with E-state index in [4.69, 9.17) is 9.52 Å². The summed E-state index contributed by atoms with van der Waals surface area (Å²) in [6, 6.07) is 7.03. The number of aliphatic hydroxyl groups excluding tert-OH is 1. The lowest BCUT2D eigenvalue weighted by Crippen LogP contribution is -2.09. The molecule has 4 nitrogen and oxygen atoms in total. The number of aliphatic carboxylic acids is 1. The van der Waals surface area contributed by atoms with E-state index in [0.717, 1.165) is 10.9 Å². The summed E-state index contributed by atoms with van der Waals surface area (Å²) in [7, 11) is 0. The van der Waals surface area contributed by atoms with Crippen LogP contribution in [0.1, 0.15) is 17.4 Å². The van der Waals surface area contributed by atoms with Crippen LogP contribution < -0.4 is 0 Å². The topological polar surface area (TPSA) is 70.7 Å². The van der Waals surface area contributed by atoms with Crippen molar-refractivity contribution >= 4 is 16.9 Å². The molecule has 0 bridgehead atoms. The molecular formula is C11H10O4. The molecule has 0 aliphatic rings. The Balaban J connectivity index is 2.51. The number of carbonyl (C=O) groups is 1. The van der Waals surface area contributed by atoms with Crippen molar-refractivity contribution in [2.75, 3.05) is 0 Å². The van der Waals surface area contributed by atoms with Crippen molar-refractivity contribution in [1.82, 2.24) is 0 Å². The number of hydrogen-bond donors (Lipinski definition) is 2. The van der Waals surface area contributed by atoms with Crippen LogP contribution in [-0.4, -0.2) is 16.2 Å². The molecule has 15 heavy (non-hydrogen) atoms. The highest BCUT2D eigenvalue weighted by Gasteiger charge is 2.20. The molecule has 2 rings (SSSR count). The molecule has 0 saturated carbocycles. The molecule has 2 aromatic rings. The molecule has 2 N–H and O–H groups in total. The fourth-order valence-electron chi connectivity index (χ4n) is 1.44. The first-order chi connectivity index (χ1) is 7.08. The first kappa shape index (κ1) is 9.73. The Hall–Kier alpha value is -1.81. The molecule has 1 unspecified atom stereocenters. The van der Waals surface area contributed by atoms with Crippen LogP contribution >= 0.6 is 0 Å². The second kappa shape index (κ2) is 3.40. The molecule has 1 atom stereocenters. The highest BCUT2D eigenvalue weighted by Crippen LogP contribution is 2.24. The summed E-state index contributed by atoms with van der Waals surface area (Å²) in [5.74, 6) is -1.26. The van der Waals surface area contributed by atoms with Crippen LogP contribution in [0.4, 0.5) is 0 Å². The van der Waals surface area contributed by atoms with Gasteiger partial charge < -0.3 is 14.6 Å². The predicted octanol–water partition coefficient (Wildman–Crippen LogP) is 1.86. The Morgan fingerprint density at radius 2 is 2.13 bits per heavy atom. The van der Waals surface area contributed by atoms with Crippen molar-refractivity contribution in [3.05, 3.63) is 35.6 Å². The molecule has 1 aromatic heterocycles. The third-order valence-electron chi connectivity index (χ3n) is 2.19. The van der Waals surface area contributed by atoms with Crippen molar-refractivity contribution in [2.24, 2.45) is 0 Å². The summed E-state index contributed by atoms with van der Waals surface area (Å²) >= 11 is 0. The van der Waals surface area contributed by atoms with Crippen LogP contribution in [-0.2, 0) is 4.79 Å². The van der Waals surface area contributed by atoms with Gasteiger partial charge in [-0.3, -0.25) is 0 Å². The summed E-state index contributed by atoms with van der Waals surface area (Å²) in [6.45, 7) is 1.93. The molecule has 0 aliphatic heterocycles. The lowest BCUT2D eigenvalue weighted by molar-refractivity contribution is -0.147. The van der Waals surface area contributed by atoms with Gasteiger partial charge in [-0.25, -0.2) is 4.79 Å². The first-order valence-corrected chi connectivity index (χ1v) is 4.49. The van der Waals surface area contributed by atoms with Crippen LogP contribution in [0.25, 0.3) is 11.0 Å². The molecule has 1 heterocycles. The average Bonchev–Trinajstić information content (AvgIpc) is 2.58. The normalized spacial score (nSPS) is 12.9. The van der Waals surface area contributed by atoms with Gasteiger partial charge in [0, 0.05) is 5.39 Å². The number of rotatable bonds is 2. The minimum absolute atomic E-state index is 0.0584. The Kier molecular flexibility index (Phi) is 2.21. The lowest BCUT2D eigenvalue weighted by atomic mass is 10.2. The van der Waals surface area contributed by atoms with E-state index in [-0.39, 0.29) is 5.76 Å². The smallest absolute Gasteiger partial charge is 0.340 e. The zero-order valence-electron chi connectivity index (χ0n) is 8.10. The summed E-state index contributed by atoms with van der Waals surface area (Å²) in [4.78, 5) is 10.5. The van der Waals surface area contributed by atoms with Gasteiger partial charge in [-0.1, -0.05) is 11.6 Å². The standard InChI is InChI=1S/C11H10O4/c1-6-2-3-8-7(4-6)5-9(15-8)10(12)11(13)14/h2-5,10,12H,1H3,(H,13,14). The SMILES string of the molecule is Cc1ccc2oc(C(O)C(=O)O)cc2c1. The van der Waals surface area contributed by atoms with E-state index < -0.39 is 12.1 Å². The monoisotopic (exact) mass is 206 g/mol. The number of furan rings is 1. The third kappa shape index (κ3) is 1.71. The van der Waals surface area contributed by atoms with Gasteiger partial charge >= 0.3 is 5.97 Å². The van der Waals surface area contributed by atoms with Crippen LogP contribution in [0.5, 0.6) is 0 Å². The van der Waals surface area contributed by atoms with Gasteiger partial charge in [0.2, 0.25) is 6.10 Å². The largest absolute Gasteiger partial charge is 0.479 e. The maximum Gasteiger partial charge on any atom is 0.340 e. The maximum absolute atomic E-state index is 10.5. The molecule has 0 radical (unpaired) electrons. The molecule has 1 aromatic carbocycles. The van der Waals surface area contributed by atoms with Gasteiger partial charge in [0.15, 0.2) is 0 Å². The van der Waals surface area contributed by atoms with E-state index in [1.54, 1.807) is 12.1 Å². The quantitative estimate of drug-likeness (QED) is 0.786. The summed E-state index contributed by atoms with van der Waals surface area (Å²) < 4.78 is 5.22. The molecule has 4 heteroatoms. The highest BCUT2D eigenvalue weighted by molar-refractivity contribution is 5.81. The van der Waals surface area contributed by atoms with Gasteiger partial charge in [0.1, 0.15) is 11.3 Å². The Morgan fingerprint density at radius 1 is 1.40 bits per heavy atom. The Bertz CT molecular complexity index is 512. The number of hydrogen-bond acceptors (Lipinski definition) is 3. The average molecular weight is 206 g/mol. The molecule has 0 amide bonds. The molecular weight excluding hydrogens is 196 g/mol. The highest BCUT2D eigenvalue weighted by atomic mass is 16.4. The van der Waals surface area contributed by atoms with Gasteiger partial charge in [-0.2, -0.15) is 0 Å². The number of benzene rings is 1. The Morgan fingerprint density at radius 3 is 2.80 bits per heavy atom. The van der Waals surface area contributed by atoms with E-state index in [1.165, 1.54) is 0 Å². The van der Waals surface area contributed by atoms with E-state index in [2.05, 4.69) is 0 Å². The second-order valence-electron chi connectivity index (χ2n) is 3.43. The van der Waals surface area contributed by atoms with Gasteiger partial charge in [-0.05, 0) is 25.1 Å². The zero-order chi connectivity index (χ0) is 11.0. The number of aliphatic hydroxyl groups is 1. The van der Waals surface area contributed by atoms with E-state index >= 15 is 0 Å². The number of carboxylic acid groups (broad SMARTS) is 1. The van der Waals surface area contributed by atoms with E-state index in [1.807, 2.05) is 19.1 Å². The van der Waals surface area contributed by atoms with Crippen molar-refractivity contribution in [1.29, 1.82) is 0 Å². The minimum atomic E-state index is -1.60. The molecule has 0 spiro atoms. The van der Waals surface area contributed by atoms with Crippen LogP contribution in [0.2, 0.25) is 0 Å². The van der Waals surface area contributed by atoms with Gasteiger partial charge in [0.25, 0.3) is 0 Å². The van der Waals surface area contributed by atoms with Crippen LogP contribution in [0.15, 0.2) is 28.7 Å². The fourth-order valence-corrected chi connectivity index (χ4v) is 1.44. The third-order valence-corrected chi connectivity index (χ3v) is 2.19. The van der Waals surface area contributed by atoms with Crippen molar-refractivity contribution in [3.63, 3.8) is 0 Å². The van der Waals surface area contributed by atoms with Crippen molar-refractivity contribution < 1.29 is 19.4 Å². The van der Waals surface area contributed by atoms with Gasteiger partial charge in [-0.15, -0.1) is 0 Å². The Labute approximate surface area is 85.8 Å². The number of fused-ring (bicyclic) bond motifs is 1. The predicted molar refractivity (Wildman–Crippen MR) is 53.5 cm³/mol. The van der Waals surface area contributed by atoms with E-state index in [9.17, 15) is 9.90 Å². The van der Waals surface area contributed by atoms with Crippen molar-refractivity contribution in [3.8, 4) is 0 Å². The van der Waals surface area contributed by atoms with Crippen molar-refractivity contribution in [2.45, 2.75) is 13.0 Å². The zero-order valence-corrected chi connectivity index (χ0v) is 8.10. The van der Waals surface area contributed by atoms with E-state index in [0.29, 0.717) is 5.58 Å². The summed E-state index contributed by atoms with van der Waals surface area (Å²) in [5, 5.41) is 18.7. The molecule has 78 valence electrons. The second-order valence-corrected chi connectivity index (χ2v) is 3.43. The fraction of sp³-hybridized carbons (Fsp3) is 0.182. The van der Waals surface area contributed by atoms with Crippen LogP contribution in [0.3, 0.4) is 0 Å². The number of aryl methyl sites for hydroxylation is 1. The first-order valence-electron chi connectivity index (χ1n) is 4.49. The lowest BCUT2D eigenvalue weighted by Gasteiger charge is -1.98. The summed E-state index contributed by atoms with van der Waals surface area (Å²) in [5.41, 5.74) is 1.63. The molecule has 0 fully saturated rings. The minimum Gasteiger partial charge on any atom is -0.479 e. The molecule has 0 aliphatic carbocycles. The van der Waals surface area contributed by atoms with Crippen LogP contribution in [0, 0.1) is 6.92 Å². The van der Waals surface area contributed by atoms with Gasteiger partial charge in [0.05, 0.1) is 0 Å². The maximum atomic E-state index is 10.5. The molecule has 0 saturated heterocycles. The summed E-state index contributed by atoms with van der Waals surface area (Å²) in [6.07, 6.45) is -1.60. The number of carboxylic acids is 1.